The molecule has 162 valence electrons. The van der Waals surface area contributed by atoms with E-state index in [1.807, 2.05) is 51.1 Å². The smallest absolute Gasteiger partial charge is 0.241 e. The van der Waals surface area contributed by atoms with Crippen molar-refractivity contribution < 1.29 is 13.2 Å². The zero-order chi connectivity index (χ0) is 22.6. The third-order valence-corrected chi connectivity index (χ3v) is 6.57. The van der Waals surface area contributed by atoms with Crippen LogP contribution < -0.4 is 10.0 Å². The van der Waals surface area contributed by atoms with Gasteiger partial charge in [0.1, 0.15) is 12.6 Å². The average Bonchev–Trinajstić information content (AvgIpc) is 3.14. The van der Waals surface area contributed by atoms with Crippen LogP contribution in [0.4, 0.5) is 0 Å². The highest BCUT2D eigenvalue weighted by molar-refractivity contribution is 7.89. The van der Waals surface area contributed by atoms with E-state index in [0.29, 0.717) is 0 Å². The van der Waals surface area contributed by atoms with Crippen molar-refractivity contribution in [1.29, 1.82) is 5.26 Å². The molecule has 3 aromatic rings. The SMILES string of the molecule is CC(C)(C)c1ccc(S(=O)(=O)NC(Cc2c[nH]c3ccccc23)C(=O)NCC#N)cc1. The summed E-state index contributed by atoms with van der Waals surface area (Å²) in [6, 6.07) is 15.0. The maximum atomic E-state index is 13.0. The Morgan fingerprint density at radius 1 is 1.13 bits per heavy atom. The lowest BCUT2D eigenvalue weighted by molar-refractivity contribution is -0.122. The molecule has 1 unspecified atom stereocenters. The minimum atomic E-state index is -3.95. The molecule has 0 aliphatic heterocycles. The number of hydrogen-bond acceptors (Lipinski definition) is 4. The van der Waals surface area contributed by atoms with Crippen molar-refractivity contribution in [2.24, 2.45) is 0 Å². The lowest BCUT2D eigenvalue weighted by Gasteiger charge is -2.20. The van der Waals surface area contributed by atoms with Gasteiger partial charge in [-0.15, -0.1) is 0 Å². The van der Waals surface area contributed by atoms with Crippen molar-refractivity contribution in [3.8, 4) is 6.07 Å². The zero-order valence-corrected chi connectivity index (χ0v) is 18.6. The molecule has 0 saturated heterocycles. The summed E-state index contributed by atoms with van der Waals surface area (Å²) >= 11 is 0. The summed E-state index contributed by atoms with van der Waals surface area (Å²) in [6.45, 7) is 5.94. The van der Waals surface area contributed by atoms with Gasteiger partial charge in [0.25, 0.3) is 0 Å². The number of para-hydroxylation sites is 1. The number of aromatic nitrogens is 1. The molecular formula is C23H26N4O3S. The van der Waals surface area contributed by atoms with Gasteiger partial charge >= 0.3 is 0 Å². The molecule has 0 aliphatic rings. The summed E-state index contributed by atoms with van der Waals surface area (Å²) in [7, 11) is -3.95. The van der Waals surface area contributed by atoms with E-state index in [0.717, 1.165) is 22.0 Å². The number of nitriles is 1. The van der Waals surface area contributed by atoms with Gasteiger partial charge in [0.05, 0.1) is 11.0 Å². The largest absolute Gasteiger partial charge is 0.361 e. The van der Waals surface area contributed by atoms with E-state index in [2.05, 4.69) is 15.0 Å². The lowest BCUT2D eigenvalue weighted by atomic mass is 9.87. The van der Waals surface area contributed by atoms with E-state index in [9.17, 15) is 13.2 Å². The number of carbonyl (C=O) groups is 1. The second-order valence-electron chi connectivity index (χ2n) is 8.39. The first kappa shape index (κ1) is 22.5. The van der Waals surface area contributed by atoms with Crippen LogP contribution in [0.5, 0.6) is 0 Å². The summed E-state index contributed by atoms with van der Waals surface area (Å²) in [5.74, 6) is -0.554. The van der Waals surface area contributed by atoms with Gasteiger partial charge in [-0.05, 0) is 41.2 Å². The molecular weight excluding hydrogens is 412 g/mol. The molecule has 3 N–H and O–H groups in total. The average molecular weight is 439 g/mol. The van der Waals surface area contributed by atoms with Crippen LogP contribution in [0.25, 0.3) is 10.9 Å². The number of rotatable bonds is 7. The van der Waals surface area contributed by atoms with Gasteiger partial charge in [-0.2, -0.15) is 9.98 Å². The van der Waals surface area contributed by atoms with Gasteiger partial charge in [0, 0.05) is 17.1 Å². The van der Waals surface area contributed by atoms with E-state index < -0.39 is 22.0 Å². The number of carbonyl (C=O) groups excluding carboxylic acids is 1. The molecule has 0 saturated carbocycles. The second kappa shape index (κ2) is 8.92. The van der Waals surface area contributed by atoms with Gasteiger partial charge in [-0.1, -0.05) is 51.1 Å². The fourth-order valence-corrected chi connectivity index (χ4v) is 4.54. The van der Waals surface area contributed by atoms with Crippen LogP contribution >= 0.6 is 0 Å². The molecule has 8 heteroatoms. The maximum Gasteiger partial charge on any atom is 0.241 e. The summed E-state index contributed by atoms with van der Waals surface area (Å²) in [5.41, 5.74) is 2.60. The Labute approximate surface area is 182 Å². The molecule has 1 atom stereocenters. The number of amides is 1. The number of nitrogens with one attached hydrogen (secondary N) is 3. The molecule has 0 fully saturated rings. The van der Waals surface area contributed by atoms with Crippen LogP contribution in [0.2, 0.25) is 0 Å². The van der Waals surface area contributed by atoms with Gasteiger partial charge in [-0.3, -0.25) is 4.79 Å². The number of sulfonamides is 1. The van der Waals surface area contributed by atoms with Crippen molar-refractivity contribution in [2.45, 2.75) is 43.5 Å². The fraction of sp³-hybridized carbons (Fsp3) is 0.304. The highest BCUT2D eigenvalue weighted by Crippen LogP contribution is 2.24. The Morgan fingerprint density at radius 2 is 1.81 bits per heavy atom. The first-order chi connectivity index (χ1) is 14.6. The summed E-state index contributed by atoms with van der Waals surface area (Å²) in [5, 5.41) is 12.2. The van der Waals surface area contributed by atoms with E-state index in [-0.39, 0.29) is 23.3 Å². The van der Waals surface area contributed by atoms with E-state index in [1.54, 1.807) is 30.5 Å². The molecule has 1 amide bonds. The monoisotopic (exact) mass is 438 g/mol. The van der Waals surface area contributed by atoms with Crippen LogP contribution in [0.3, 0.4) is 0 Å². The maximum absolute atomic E-state index is 13.0. The highest BCUT2D eigenvalue weighted by Gasteiger charge is 2.27. The first-order valence-electron chi connectivity index (χ1n) is 9.94. The molecule has 0 aliphatic carbocycles. The number of nitrogens with zero attached hydrogens (tertiary/aromatic N) is 1. The third-order valence-electron chi connectivity index (χ3n) is 5.09. The minimum Gasteiger partial charge on any atom is -0.361 e. The van der Waals surface area contributed by atoms with Crippen molar-refractivity contribution in [3.05, 3.63) is 65.9 Å². The molecule has 0 radical (unpaired) electrons. The molecule has 1 aromatic heterocycles. The number of H-pyrrole nitrogens is 1. The van der Waals surface area contributed by atoms with Gasteiger partial charge in [0.2, 0.25) is 15.9 Å². The number of fused-ring (bicyclic) bond motifs is 1. The molecule has 2 aromatic carbocycles. The predicted octanol–water partition coefficient (Wildman–Crippen LogP) is 2.99. The lowest BCUT2D eigenvalue weighted by Crippen LogP contribution is -2.48. The van der Waals surface area contributed by atoms with Gasteiger partial charge < -0.3 is 10.3 Å². The van der Waals surface area contributed by atoms with E-state index in [4.69, 9.17) is 5.26 Å². The Morgan fingerprint density at radius 3 is 2.45 bits per heavy atom. The van der Waals surface area contributed by atoms with Crippen LogP contribution in [-0.4, -0.2) is 31.9 Å². The molecule has 1 heterocycles. The van der Waals surface area contributed by atoms with E-state index >= 15 is 0 Å². The Balaban J connectivity index is 1.88. The van der Waals surface area contributed by atoms with Crippen molar-refractivity contribution in [2.75, 3.05) is 6.54 Å². The van der Waals surface area contributed by atoms with Crippen LogP contribution in [0.1, 0.15) is 31.9 Å². The number of aromatic amines is 1. The fourth-order valence-electron chi connectivity index (χ4n) is 3.35. The van der Waals surface area contributed by atoms with Crippen LogP contribution in [0, 0.1) is 11.3 Å². The Kier molecular flexibility index (Phi) is 6.48. The summed E-state index contributed by atoms with van der Waals surface area (Å²) in [4.78, 5) is 15.9. The predicted molar refractivity (Wildman–Crippen MR) is 120 cm³/mol. The molecule has 0 bridgehead atoms. The molecule has 0 spiro atoms. The van der Waals surface area contributed by atoms with Gasteiger partial charge in [-0.25, -0.2) is 8.42 Å². The standard InChI is InChI=1S/C23H26N4O3S/c1-23(2,3)17-8-10-18(11-9-17)31(29,30)27-21(22(28)25-13-12-24)14-16-15-26-20-7-5-4-6-19(16)20/h4-11,15,21,26-27H,13-14H2,1-3H3,(H,25,28). The number of benzene rings is 2. The normalized spacial score (nSPS) is 13.0. The van der Waals surface area contributed by atoms with Crippen molar-refractivity contribution in [3.63, 3.8) is 0 Å². The number of hydrogen-bond donors (Lipinski definition) is 3. The van der Waals surface area contributed by atoms with E-state index in [1.165, 1.54) is 0 Å². The Bertz CT molecular complexity index is 1220. The molecule has 31 heavy (non-hydrogen) atoms. The first-order valence-corrected chi connectivity index (χ1v) is 11.4. The second-order valence-corrected chi connectivity index (χ2v) is 10.1. The van der Waals surface area contributed by atoms with Crippen LogP contribution in [0.15, 0.2) is 59.6 Å². The zero-order valence-electron chi connectivity index (χ0n) is 17.8. The van der Waals surface area contributed by atoms with Crippen molar-refractivity contribution in [1.82, 2.24) is 15.0 Å². The summed E-state index contributed by atoms with van der Waals surface area (Å²) in [6.07, 6.45) is 1.91. The highest BCUT2D eigenvalue weighted by atomic mass is 32.2. The van der Waals surface area contributed by atoms with Crippen molar-refractivity contribution >= 4 is 26.8 Å². The summed E-state index contributed by atoms with van der Waals surface area (Å²) < 4.78 is 28.5. The van der Waals surface area contributed by atoms with Gasteiger partial charge in [0.15, 0.2) is 0 Å². The molecule has 3 rings (SSSR count). The topological polar surface area (TPSA) is 115 Å². The minimum absolute atomic E-state index is 0.0810. The quantitative estimate of drug-likeness (QED) is 0.492. The molecule has 7 nitrogen and oxygen atoms in total. The van der Waals surface area contributed by atoms with Crippen LogP contribution in [-0.2, 0) is 26.7 Å². The Hall–Kier alpha value is -3.15. The third kappa shape index (κ3) is 5.32.